The van der Waals surface area contributed by atoms with E-state index in [0.717, 1.165) is 23.1 Å². The first-order valence-corrected chi connectivity index (χ1v) is 9.99. The topological polar surface area (TPSA) is 32.6 Å². The van der Waals surface area contributed by atoms with Crippen molar-refractivity contribution in [3.05, 3.63) is 59.2 Å². The van der Waals surface area contributed by atoms with Gasteiger partial charge in [0, 0.05) is 17.3 Å². The van der Waals surface area contributed by atoms with Crippen molar-refractivity contribution in [1.29, 1.82) is 0 Å². The first kappa shape index (κ1) is 17.3. The predicted molar refractivity (Wildman–Crippen MR) is 109 cm³/mol. The molecular weight excluding hydrogens is 318 g/mol. The van der Waals surface area contributed by atoms with Crippen LogP contribution in [0.1, 0.15) is 62.1 Å². The van der Waals surface area contributed by atoms with Gasteiger partial charge in [0.25, 0.3) is 0 Å². The smallest absolute Gasteiger partial charge is 0.128 e. The van der Waals surface area contributed by atoms with Crippen LogP contribution in [0.25, 0.3) is 0 Å². The molecule has 3 atom stereocenters. The summed E-state index contributed by atoms with van der Waals surface area (Å²) in [4.78, 5) is 4.57. The Kier molecular flexibility index (Phi) is 4.60. The van der Waals surface area contributed by atoms with E-state index in [1.54, 1.807) is 0 Å². The van der Waals surface area contributed by atoms with Crippen molar-refractivity contribution < 1.29 is 5.11 Å². The third kappa shape index (κ3) is 3.30. The fraction of sp³-hybridized carbons (Fsp3) is 0.458. The first-order chi connectivity index (χ1) is 12.6. The number of rotatable bonds is 3. The standard InChI is InChI=1S/C24H29NO/c1-17-12-20(16-25-21-8-4-3-5-9-21)23(26)22(13-17)24-10-6-7-19(15-24)11-18(2)14-24/h3-5,8-9,12-13,16,18-19,26H,6-7,10-11,14-15H2,1-2H3. The highest BCUT2D eigenvalue weighted by Crippen LogP contribution is 2.54. The van der Waals surface area contributed by atoms with Gasteiger partial charge in [0.05, 0.1) is 5.69 Å². The molecule has 0 radical (unpaired) electrons. The van der Waals surface area contributed by atoms with E-state index in [1.165, 1.54) is 49.7 Å². The van der Waals surface area contributed by atoms with Gasteiger partial charge in [-0.3, -0.25) is 4.99 Å². The Labute approximate surface area is 157 Å². The average Bonchev–Trinajstić information content (AvgIpc) is 2.62. The summed E-state index contributed by atoms with van der Waals surface area (Å²) >= 11 is 0. The van der Waals surface area contributed by atoms with Gasteiger partial charge in [-0.15, -0.1) is 0 Å². The molecule has 2 aromatic carbocycles. The van der Waals surface area contributed by atoms with Gasteiger partial charge in [-0.05, 0) is 73.6 Å². The summed E-state index contributed by atoms with van der Waals surface area (Å²) in [7, 11) is 0. The summed E-state index contributed by atoms with van der Waals surface area (Å²) in [6.07, 6.45) is 9.49. The Bertz CT molecular complexity index is 806. The molecule has 0 amide bonds. The van der Waals surface area contributed by atoms with Crippen LogP contribution >= 0.6 is 0 Å². The zero-order valence-electron chi connectivity index (χ0n) is 15.9. The molecule has 3 unspecified atom stereocenters. The van der Waals surface area contributed by atoms with Gasteiger partial charge in [0.1, 0.15) is 5.75 Å². The fourth-order valence-corrected chi connectivity index (χ4v) is 5.51. The van der Waals surface area contributed by atoms with Gasteiger partial charge in [-0.2, -0.15) is 0 Å². The molecule has 2 aromatic rings. The molecule has 2 saturated carbocycles. The number of aromatic hydroxyl groups is 1. The fourth-order valence-electron chi connectivity index (χ4n) is 5.51. The lowest BCUT2D eigenvalue weighted by Gasteiger charge is -2.48. The quantitative estimate of drug-likeness (QED) is 0.648. The number of phenols is 1. The molecule has 0 spiro atoms. The number of fused-ring (bicyclic) bond motifs is 2. The van der Waals surface area contributed by atoms with Crippen LogP contribution in [0.3, 0.4) is 0 Å². The molecule has 2 aliphatic carbocycles. The lowest BCUT2D eigenvalue weighted by molar-refractivity contribution is 0.108. The van der Waals surface area contributed by atoms with Gasteiger partial charge < -0.3 is 5.11 Å². The summed E-state index contributed by atoms with van der Waals surface area (Å²) in [6, 6.07) is 14.2. The highest BCUT2D eigenvalue weighted by atomic mass is 16.3. The maximum absolute atomic E-state index is 11.1. The molecule has 2 nitrogen and oxygen atoms in total. The highest BCUT2D eigenvalue weighted by molar-refractivity contribution is 5.86. The number of aryl methyl sites for hydroxylation is 1. The SMILES string of the molecule is Cc1cc(C=Nc2ccccc2)c(O)c(C23CCCC(CC(C)C2)C3)c1. The van der Waals surface area contributed by atoms with Crippen LogP contribution in [0.5, 0.6) is 5.75 Å². The minimum Gasteiger partial charge on any atom is -0.507 e. The van der Waals surface area contributed by atoms with Crippen LogP contribution in [-0.4, -0.2) is 11.3 Å². The zero-order valence-corrected chi connectivity index (χ0v) is 15.9. The molecule has 2 fully saturated rings. The summed E-state index contributed by atoms with van der Waals surface area (Å²) < 4.78 is 0. The van der Waals surface area contributed by atoms with E-state index in [2.05, 4.69) is 31.0 Å². The number of para-hydroxylation sites is 1. The summed E-state index contributed by atoms with van der Waals surface area (Å²) in [6.45, 7) is 4.52. The normalized spacial score (nSPS) is 28.4. The Hall–Kier alpha value is -2.09. The third-order valence-electron chi connectivity index (χ3n) is 6.39. The number of hydrogen-bond donors (Lipinski definition) is 1. The number of phenolic OH excluding ortho intramolecular Hbond substituents is 1. The van der Waals surface area contributed by atoms with Gasteiger partial charge in [-0.1, -0.05) is 44.0 Å². The Morgan fingerprint density at radius 2 is 1.96 bits per heavy atom. The predicted octanol–water partition coefficient (Wildman–Crippen LogP) is 6.31. The molecule has 0 saturated heterocycles. The lowest BCUT2D eigenvalue weighted by atomic mass is 9.56. The van der Waals surface area contributed by atoms with Gasteiger partial charge in [-0.25, -0.2) is 0 Å². The summed E-state index contributed by atoms with van der Waals surface area (Å²) in [5.74, 6) is 2.02. The maximum Gasteiger partial charge on any atom is 0.128 e. The van der Waals surface area contributed by atoms with E-state index in [9.17, 15) is 5.11 Å². The van der Waals surface area contributed by atoms with E-state index >= 15 is 0 Å². The number of benzene rings is 2. The maximum atomic E-state index is 11.1. The number of hydrogen-bond acceptors (Lipinski definition) is 2. The van der Waals surface area contributed by atoms with E-state index in [1.807, 2.05) is 36.5 Å². The van der Waals surface area contributed by atoms with Crippen molar-refractivity contribution in [2.45, 2.75) is 57.8 Å². The molecule has 26 heavy (non-hydrogen) atoms. The largest absolute Gasteiger partial charge is 0.507 e. The second-order valence-electron chi connectivity index (χ2n) is 8.63. The second-order valence-corrected chi connectivity index (χ2v) is 8.63. The van der Waals surface area contributed by atoms with E-state index in [0.29, 0.717) is 5.75 Å². The zero-order chi connectivity index (χ0) is 18.1. The molecule has 4 rings (SSSR count). The number of aliphatic imine (C=N–C) groups is 1. The Balaban J connectivity index is 1.73. The molecule has 2 aliphatic rings. The summed E-state index contributed by atoms with van der Waals surface area (Å²) in [5, 5.41) is 11.1. The first-order valence-electron chi connectivity index (χ1n) is 9.99. The van der Waals surface area contributed by atoms with Crippen molar-refractivity contribution in [2.75, 3.05) is 0 Å². The summed E-state index contributed by atoms with van der Waals surface area (Å²) in [5.41, 5.74) is 4.30. The van der Waals surface area contributed by atoms with Crippen molar-refractivity contribution in [1.82, 2.24) is 0 Å². The highest BCUT2D eigenvalue weighted by Gasteiger charge is 2.44. The van der Waals surface area contributed by atoms with Crippen molar-refractivity contribution >= 4 is 11.9 Å². The third-order valence-corrected chi connectivity index (χ3v) is 6.39. The molecule has 0 heterocycles. The van der Waals surface area contributed by atoms with E-state index < -0.39 is 0 Å². The van der Waals surface area contributed by atoms with E-state index in [4.69, 9.17) is 0 Å². The second kappa shape index (κ2) is 6.90. The molecule has 0 aliphatic heterocycles. The monoisotopic (exact) mass is 347 g/mol. The molecule has 136 valence electrons. The molecule has 2 bridgehead atoms. The van der Waals surface area contributed by atoms with Crippen LogP contribution < -0.4 is 0 Å². The van der Waals surface area contributed by atoms with Crippen molar-refractivity contribution in [3.8, 4) is 5.75 Å². The average molecular weight is 348 g/mol. The van der Waals surface area contributed by atoms with Crippen LogP contribution in [-0.2, 0) is 5.41 Å². The molecule has 2 heteroatoms. The minimum atomic E-state index is 0.159. The van der Waals surface area contributed by atoms with Crippen molar-refractivity contribution in [2.24, 2.45) is 16.8 Å². The van der Waals surface area contributed by atoms with Crippen LogP contribution in [0.15, 0.2) is 47.5 Å². The van der Waals surface area contributed by atoms with Crippen LogP contribution in [0.2, 0.25) is 0 Å². The molecule has 1 N–H and O–H groups in total. The molecule has 0 aromatic heterocycles. The van der Waals surface area contributed by atoms with Gasteiger partial charge in [0.15, 0.2) is 0 Å². The Morgan fingerprint density at radius 3 is 2.77 bits per heavy atom. The van der Waals surface area contributed by atoms with Gasteiger partial charge >= 0.3 is 0 Å². The van der Waals surface area contributed by atoms with Crippen LogP contribution in [0.4, 0.5) is 5.69 Å². The lowest BCUT2D eigenvalue weighted by Crippen LogP contribution is -2.39. The minimum absolute atomic E-state index is 0.159. The Morgan fingerprint density at radius 1 is 1.15 bits per heavy atom. The van der Waals surface area contributed by atoms with Crippen molar-refractivity contribution in [3.63, 3.8) is 0 Å². The number of nitrogens with zero attached hydrogens (tertiary/aromatic N) is 1. The van der Waals surface area contributed by atoms with E-state index in [-0.39, 0.29) is 5.41 Å². The molecular formula is C24H29NO. The van der Waals surface area contributed by atoms with Gasteiger partial charge in [0.2, 0.25) is 0 Å². The van der Waals surface area contributed by atoms with Crippen LogP contribution in [0, 0.1) is 18.8 Å².